The van der Waals surface area contributed by atoms with E-state index in [9.17, 15) is 4.39 Å². The van der Waals surface area contributed by atoms with E-state index in [1.165, 1.54) is 6.07 Å². The molecule has 2 nitrogen and oxygen atoms in total. The largest absolute Gasteiger partial charge is 0.454 e. The summed E-state index contributed by atoms with van der Waals surface area (Å²) in [6.07, 6.45) is 0. The van der Waals surface area contributed by atoms with E-state index in [1.807, 2.05) is 24.3 Å². The molecule has 4 heteroatoms. The van der Waals surface area contributed by atoms with Crippen LogP contribution in [0, 0.1) is 5.82 Å². The Morgan fingerprint density at radius 1 is 1.21 bits per heavy atom. The van der Waals surface area contributed by atoms with Crippen molar-refractivity contribution in [1.82, 2.24) is 5.32 Å². The molecule has 0 saturated carbocycles. The Hall–Kier alpha value is -1.39. The van der Waals surface area contributed by atoms with Crippen molar-refractivity contribution in [3.05, 3.63) is 58.3 Å². The third-order valence-electron chi connectivity index (χ3n) is 2.60. The van der Waals surface area contributed by atoms with Gasteiger partial charge >= 0.3 is 0 Å². The Kier molecular flexibility index (Phi) is 4.93. The third-order valence-corrected chi connectivity index (χ3v) is 3.09. The second kappa shape index (κ2) is 6.68. The summed E-state index contributed by atoms with van der Waals surface area (Å²) < 4.78 is 20.0. The highest BCUT2D eigenvalue weighted by Crippen LogP contribution is 2.27. The minimum atomic E-state index is -0.375. The lowest BCUT2D eigenvalue weighted by atomic mass is 10.2. The van der Waals surface area contributed by atoms with Crippen LogP contribution in [-0.4, -0.2) is 6.54 Å². The fraction of sp³-hybridized carbons (Fsp3) is 0.200. The molecule has 2 rings (SSSR count). The molecule has 100 valence electrons. The van der Waals surface area contributed by atoms with Crippen LogP contribution in [0.25, 0.3) is 0 Å². The maximum atomic E-state index is 13.6. The predicted molar refractivity (Wildman–Crippen MR) is 78.0 cm³/mol. The first-order valence-corrected chi connectivity index (χ1v) is 6.91. The van der Waals surface area contributed by atoms with Crippen LogP contribution in [0.2, 0.25) is 0 Å². The standard InChI is InChI=1S/C15H15BrFNO/c1-2-18-10-11-4-3-5-13(8-11)19-15-9-12(16)6-7-14(15)17/h3-9,18H,2,10H2,1H3. The molecule has 0 aliphatic heterocycles. The maximum absolute atomic E-state index is 13.6. The molecule has 1 N–H and O–H groups in total. The second-order valence-electron chi connectivity index (χ2n) is 4.10. The van der Waals surface area contributed by atoms with Gasteiger partial charge in [-0.1, -0.05) is 35.0 Å². The van der Waals surface area contributed by atoms with Crippen LogP contribution in [0.15, 0.2) is 46.9 Å². The average Bonchev–Trinajstić information content (AvgIpc) is 2.41. The lowest BCUT2D eigenvalue weighted by Gasteiger charge is -2.09. The van der Waals surface area contributed by atoms with Crippen LogP contribution >= 0.6 is 15.9 Å². The van der Waals surface area contributed by atoms with Crippen LogP contribution in [0.3, 0.4) is 0 Å². The normalized spacial score (nSPS) is 10.5. The molecule has 0 aliphatic rings. The Bertz CT molecular complexity index is 560. The minimum absolute atomic E-state index is 0.218. The Balaban J connectivity index is 2.16. The molecular weight excluding hydrogens is 309 g/mol. The third kappa shape index (κ3) is 4.04. The van der Waals surface area contributed by atoms with Crippen molar-refractivity contribution in [3.63, 3.8) is 0 Å². The molecule has 0 fully saturated rings. The number of benzene rings is 2. The maximum Gasteiger partial charge on any atom is 0.165 e. The molecule has 0 amide bonds. The average molecular weight is 324 g/mol. The molecule has 0 saturated heterocycles. The number of nitrogens with one attached hydrogen (secondary N) is 1. The summed E-state index contributed by atoms with van der Waals surface area (Å²) in [5, 5.41) is 3.24. The van der Waals surface area contributed by atoms with Crippen LogP contribution in [0.1, 0.15) is 12.5 Å². The van der Waals surface area contributed by atoms with Gasteiger partial charge < -0.3 is 10.1 Å². The molecule has 0 heterocycles. The summed E-state index contributed by atoms with van der Waals surface area (Å²) in [5.41, 5.74) is 1.11. The van der Waals surface area contributed by atoms with E-state index in [1.54, 1.807) is 12.1 Å². The van der Waals surface area contributed by atoms with Crippen LogP contribution in [0.4, 0.5) is 4.39 Å². The summed E-state index contributed by atoms with van der Waals surface area (Å²) in [4.78, 5) is 0. The van der Waals surface area contributed by atoms with Crippen molar-refractivity contribution >= 4 is 15.9 Å². The first-order valence-electron chi connectivity index (χ1n) is 6.11. The van der Waals surface area contributed by atoms with Gasteiger partial charge in [0.05, 0.1) is 0 Å². The molecule has 0 bridgehead atoms. The Morgan fingerprint density at radius 3 is 2.84 bits per heavy atom. The highest BCUT2D eigenvalue weighted by molar-refractivity contribution is 9.10. The van der Waals surface area contributed by atoms with E-state index in [0.717, 1.165) is 23.1 Å². The first-order chi connectivity index (χ1) is 9.19. The molecule has 0 aliphatic carbocycles. The van der Waals surface area contributed by atoms with Crippen LogP contribution < -0.4 is 10.1 Å². The van der Waals surface area contributed by atoms with E-state index in [2.05, 4.69) is 28.2 Å². The summed E-state index contributed by atoms with van der Waals surface area (Å²) >= 11 is 3.30. The summed E-state index contributed by atoms with van der Waals surface area (Å²) in [6.45, 7) is 3.73. The number of rotatable bonds is 5. The first kappa shape index (κ1) is 14.0. The number of hydrogen-bond acceptors (Lipinski definition) is 2. The van der Waals surface area contributed by atoms with Crippen molar-refractivity contribution in [2.75, 3.05) is 6.54 Å². The molecule has 0 unspecified atom stereocenters. The van der Waals surface area contributed by atoms with Gasteiger partial charge in [-0.3, -0.25) is 0 Å². The highest BCUT2D eigenvalue weighted by atomic mass is 79.9. The number of ether oxygens (including phenoxy) is 1. The topological polar surface area (TPSA) is 21.3 Å². The van der Waals surface area contributed by atoms with Crippen LogP contribution in [-0.2, 0) is 6.54 Å². The predicted octanol–water partition coefficient (Wildman–Crippen LogP) is 4.49. The fourth-order valence-electron chi connectivity index (χ4n) is 1.67. The van der Waals surface area contributed by atoms with Gasteiger partial charge in [0.1, 0.15) is 5.75 Å². The second-order valence-corrected chi connectivity index (χ2v) is 5.02. The zero-order valence-electron chi connectivity index (χ0n) is 10.6. The Morgan fingerprint density at radius 2 is 2.05 bits per heavy atom. The lowest BCUT2D eigenvalue weighted by Crippen LogP contribution is -2.11. The number of halogens is 2. The van der Waals surface area contributed by atoms with Gasteiger partial charge in [0.2, 0.25) is 0 Å². The summed E-state index contributed by atoms with van der Waals surface area (Å²) in [5.74, 6) is 0.475. The monoisotopic (exact) mass is 323 g/mol. The molecule has 2 aromatic carbocycles. The molecule has 0 radical (unpaired) electrons. The summed E-state index contributed by atoms with van der Waals surface area (Å²) in [7, 11) is 0. The van der Waals surface area contributed by atoms with E-state index in [-0.39, 0.29) is 11.6 Å². The molecule has 0 aromatic heterocycles. The van der Waals surface area contributed by atoms with Crippen molar-refractivity contribution in [1.29, 1.82) is 0 Å². The van der Waals surface area contributed by atoms with E-state index < -0.39 is 0 Å². The quantitative estimate of drug-likeness (QED) is 0.875. The zero-order chi connectivity index (χ0) is 13.7. The molecule has 2 aromatic rings. The van der Waals surface area contributed by atoms with E-state index >= 15 is 0 Å². The van der Waals surface area contributed by atoms with Crippen molar-refractivity contribution < 1.29 is 9.13 Å². The van der Waals surface area contributed by atoms with Crippen molar-refractivity contribution in [2.24, 2.45) is 0 Å². The fourth-order valence-corrected chi connectivity index (χ4v) is 2.01. The van der Waals surface area contributed by atoms with E-state index in [0.29, 0.717) is 5.75 Å². The highest BCUT2D eigenvalue weighted by Gasteiger charge is 2.06. The van der Waals surface area contributed by atoms with Gasteiger partial charge in [-0.15, -0.1) is 0 Å². The molecule has 19 heavy (non-hydrogen) atoms. The lowest BCUT2D eigenvalue weighted by molar-refractivity contribution is 0.441. The van der Waals surface area contributed by atoms with Crippen molar-refractivity contribution in [2.45, 2.75) is 13.5 Å². The molecule has 0 spiro atoms. The van der Waals surface area contributed by atoms with Crippen molar-refractivity contribution in [3.8, 4) is 11.5 Å². The summed E-state index contributed by atoms with van der Waals surface area (Å²) in [6, 6.07) is 12.3. The zero-order valence-corrected chi connectivity index (χ0v) is 12.2. The van der Waals surface area contributed by atoms with Gasteiger partial charge in [0, 0.05) is 11.0 Å². The minimum Gasteiger partial charge on any atom is -0.454 e. The SMILES string of the molecule is CCNCc1cccc(Oc2cc(Br)ccc2F)c1. The van der Waals surface area contributed by atoms with Gasteiger partial charge in [-0.25, -0.2) is 4.39 Å². The van der Waals surface area contributed by atoms with Gasteiger partial charge in [-0.05, 0) is 42.4 Å². The van der Waals surface area contributed by atoms with Crippen LogP contribution in [0.5, 0.6) is 11.5 Å². The Labute approximate surface area is 120 Å². The van der Waals surface area contributed by atoms with Gasteiger partial charge in [0.25, 0.3) is 0 Å². The van der Waals surface area contributed by atoms with Gasteiger partial charge in [-0.2, -0.15) is 0 Å². The van der Waals surface area contributed by atoms with E-state index in [4.69, 9.17) is 4.74 Å². The van der Waals surface area contributed by atoms with Gasteiger partial charge in [0.15, 0.2) is 11.6 Å². The molecular formula is C15H15BrFNO. The number of hydrogen-bond donors (Lipinski definition) is 1. The smallest absolute Gasteiger partial charge is 0.165 e. The molecule has 0 atom stereocenters.